The van der Waals surface area contributed by atoms with E-state index in [0.29, 0.717) is 18.1 Å². The highest BCUT2D eigenvalue weighted by atomic mass is 16.5. The molecule has 0 fully saturated rings. The SMILES string of the molecule is CCC(C)CCOC(=O)c1cc[c]cc1. The maximum absolute atomic E-state index is 11.5. The summed E-state index contributed by atoms with van der Waals surface area (Å²) in [6, 6.07) is 9.72. The highest BCUT2D eigenvalue weighted by Crippen LogP contribution is 2.07. The van der Waals surface area contributed by atoms with Crippen LogP contribution in [-0.4, -0.2) is 12.6 Å². The summed E-state index contributed by atoms with van der Waals surface area (Å²) in [5, 5.41) is 0. The molecule has 0 bridgehead atoms. The van der Waals surface area contributed by atoms with E-state index < -0.39 is 0 Å². The van der Waals surface area contributed by atoms with E-state index in [1.807, 2.05) is 0 Å². The van der Waals surface area contributed by atoms with Crippen LogP contribution in [0.1, 0.15) is 37.0 Å². The molecule has 1 atom stereocenters. The lowest BCUT2D eigenvalue weighted by molar-refractivity contribution is 0.0485. The molecule has 0 N–H and O–H groups in total. The molecule has 0 heterocycles. The first-order chi connectivity index (χ1) is 7.24. The number of ether oxygens (including phenoxy) is 1. The first-order valence-electron chi connectivity index (χ1n) is 5.37. The van der Waals surface area contributed by atoms with E-state index in [0.717, 1.165) is 12.8 Å². The number of hydrogen-bond acceptors (Lipinski definition) is 2. The van der Waals surface area contributed by atoms with Gasteiger partial charge < -0.3 is 4.74 Å². The van der Waals surface area contributed by atoms with Crippen molar-refractivity contribution in [3.05, 3.63) is 35.9 Å². The van der Waals surface area contributed by atoms with Crippen molar-refractivity contribution in [2.45, 2.75) is 26.7 Å². The molecule has 1 rings (SSSR count). The Hall–Kier alpha value is -1.31. The van der Waals surface area contributed by atoms with E-state index in [2.05, 4.69) is 19.9 Å². The molecule has 0 aromatic heterocycles. The minimum absolute atomic E-state index is 0.243. The van der Waals surface area contributed by atoms with Crippen LogP contribution in [-0.2, 0) is 4.74 Å². The van der Waals surface area contributed by atoms with Crippen LogP contribution in [0.4, 0.5) is 0 Å². The summed E-state index contributed by atoms with van der Waals surface area (Å²) >= 11 is 0. The summed E-state index contributed by atoms with van der Waals surface area (Å²) in [5.41, 5.74) is 0.595. The molecule has 0 aliphatic rings. The van der Waals surface area contributed by atoms with Crippen molar-refractivity contribution in [3.8, 4) is 0 Å². The van der Waals surface area contributed by atoms with Crippen molar-refractivity contribution in [2.75, 3.05) is 6.61 Å². The minimum atomic E-state index is -0.243. The molecule has 0 aliphatic carbocycles. The predicted molar refractivity (Wildman–Crippen MR) is 59.6 cm³/mol. The number of benzene rings is 1. The van der Waals surface area contributed by atoms with Crippen molar-refractivity contribution in [1.82, 2.24) is 0 Å². The van der Waals surface area contributed by atoms with Gasteiger partial charge in [-0.05, 0) is 30.5 Å². The van der Waals surface area contributed by atoms with E-state index >= 15 is 0 Å². The molecule has 0 saturated carbocycles. The first-order valence-corrected chi connectivity index (χ1v) is 5.37. The van der Waals surface area contributed by atoms with Crippen LogP contribution in [0.25, 0.3) is 0 Å². The molecule has 1 unspecified atom stereocenters. The Kier molecular flexibility index (Phi) is 4.88. The third-order valence-corrected chi connectivity index (χ3v) is 2.49. The lowest BCUT2D eigenvalue weighted by atomic mass is 10.1. The van der Waals surface area contributed by atoms with Crippen LogP contribution in [0.5, 0.6) is 0 Å². The first kappa shape index (κ1) is 11.8. The fourth-order valence-electron chi connectivity index (χ4n) is 1.16. The van der Waals surface area contributed by atoms with Crippen LogP contribution in [0.2, 0.25) is 0 Å². The van der Waals surface area contributed by atoms with E-state index in [1.165, 1.54) is 0 Å². The Morgan fingerprint density at radius 3 is 2.73 bits per heavy atom. The van der Waals surface area contributed by atoms with Gasteiger partial charge in [-0.15, -0.1) is 0 Å². The average molecular weight is 205 g/mol. The molecule has 2 heteroatoms. The molecule has 0 aliphatic heterocycles. The molecule has 0 saturated heterocycles. The Labute approximate surface area is 91.3 Å². The number of rotatable bonds is 5. The van der Waals surface area contributed by atoms with Gasteiger partial charge in [0, 0.05) is 0 Å². The highest BCUT2D eigenvalue weighted by Gasteiger charge is 2.06. The van der Waals surface area contributed by atoms with E-state index in [9.17, 15) is 4.79 Å². The summed E-state index contributed by atoms with van der Waals surface area (Å²) in [5.74, 6) is 0.370. The van der Waals surface area contributed by atoms with Gasteiger partial charge in [0.15, 0.2) is 0 Å². The summed E-state index contributed by atoms with van der Waals surface area (Å²) in [4.78, 5) is 11.5. The second-order valence-corrected chi connectivity index (χ2v) is 3.73. The normalized spacial score (nSPS) is 12.1. The Balaban J connectivity index is 2.31. The molecule has 2 nitrogen and oxygen atoms in total. The fraction of sp³-hybridized carbons (Fsp3) is 0.462. The zero-order valence-corrected chi connectivity index (χ0v) is 9.32. The van der Waals surface area contributed by atoms with Crippen LogP contribution in [0.15, 0.2) is 24.3 Å². The van der Waals surface area contributed by atoms with Crippen molar-refractivity contribution >= 4 is 5.97 Å². The van der Waals surface area contributed by atoms with E-state index in [4.69, 9.17) is 4.74 Å². The molecular formula is C13H17O2. The van der Waals surface area contributed by atoms with E-state index in [-0.39, 0.29) is 5.97 Å². The van der Waals surface area contributed by atoms with Crippen LogP contribution >= 0.6 is 0 Å². The van der Waals surface area contributed by atoms with Gasteiger partial charge in [0.2, 0.25) is 0 Å². The molecular weight excluding hydrogens is 188 g/mol. The van der Waals surface area contributed by atoms with Gasteiger partial charge >= 0.3 is 5.97 Å². The van der Waals surface area contributed by atoms with E-state index in [1.54, 1.807) is 24.3 Å². The third-order valence-electron chi connectivity index (χ3n) is 2.49. The Morgan fingerprint density at radius 2 is 2.13 bits per heavy atom. The number of hydrogen-bond donors (Lipinski definition) is 0. The zero-order valence-electron chi connectivity index (χ0n) is 9.32. The monoisotopic (exact) mass is 205 g/mol. The van der Waals surface area contributed by atoms with Crippen LogP contribution < -0.4 is 0 Å². The van der Waals surface area contributed by atoms with Crippen molar-refractivity contribution in [2.24, 2.45) is 5.92 Å². The average Bonchev–Trinajstić information content (AvgIpc) is 2.29. The molecule has 0 spiro atoms. The largest absolute Gasteiger partial charge is 0.462 e. The van der Waals surface area contributed by atoms with Gasteiger partial charge in [-0.2, -0.15) is 0 Å². The molecule has 81 valence electrons. The van der Waals surface area contributed by atoms with Gasteiger partial charge in [0.25, 0.3) is 0 Å². The van der Waals surface area contributed by atoms with Gasteiger partial charge in [-0.1, -0.05) is 32.4 Å². The smallest absolute Gasteiger partial charge is 0.338 e. The number of carbonyl (C=O) groups excluding carboxylic acids is 1. The molecule has 15 heavy (non-hydrogen) atoms. The number of esters is 1. The number of carbonyl (C=O) groups is 1. The summed E-state index contributed by atoms with van der Waals surface area (Å²) < 4.78 is 5.15. The minimum Gasteiger partial charge on any atom is -0.462 e. The summed E-state index contributed by atoms with van der Waals surface area (Å²) in [6.45, 7) is 4.80. The van der Waals surface area contributed by atoms with Crippen molar-refractivity contribution in [1.29, 1.82) is 0 Å². The highest BCUT2D eigenvalue weighted by molar-refractivity contribution is 5.89. The maximum atomic E-state index is 11.5. The van der Waals surface area contributed by atoms with Gasteiger partial charge in [-0.25, -0.2) is 4.79 Å². The van der Waals surface area contributed by atoms with Crippen LogP contribution in [0.3, 0.4) is 0 Å². The van der Waals surface area contributed by atoms with Crippen molar-refractivity contribution in [3.63, 3.8) is 0 Å². The van der Waals surface area contributed by atoms with Gasteiger partial charge in [-0.3, -0.25) is 0 Å². The van der Waals surface area contributed by atoms with Gasteiger partial charge in [0.1, 0.15) is 0 Å². The third kappa shape index (κ3) is 4.15. The molecule has 1 aromatic rings. The molecule has 0 amide bonds. The zero-order chi connectivity index (χ0) is 11.1. The molecule has 1 radical (unpaired) electrons. The Bertz CT molecular complexity index is 293. The topological polar surface area (TPSA) is 26.3 Å². The second-order valence-electron chi connectivity index (χ2n) is 3.73. The summed E-state index contributed by atoms with van der Waals surface area (Å²) in [6.07, 6.45) is 2.05. The van der Waals surface area contributed by atoms with Crippen molar-refractivity contribution < 1.29 is 9.53 Å². The summed E-state index contributed by atoms with van der Waals surface area (Å²) in [7, 11) is 0. The van der Waals surface area contributed by atoms with Crippen LogP contribution in [0, 0.1) is 12.0 Å². The quantitative estimate of drug-likeness (QED) is 0.690. The molecule has 1 aromatic carbocycles. The second kappa shape index (κ2) is 6.23. The lowest BCUT2D eigenvalue weighted by Gasteiger charge is -2.08. The maximum Gasteiger partial charge on any atom is 0.338 e. The predicted octanol–water partition coefficient (Wildman–Crippen LogP) is 3.08. The van der Waals surface area contributed by atoms with Gasteiger partial charge in [0.05, 0.1) is 12.2 Å². The standard InChI is InChI=1S/C13H17O2/c1-3-11(2)9-10-15-13(14)12-7-5-4-6-8-12/h5-8,11H,3,9-10H2,1-2H3. The Morgan fingerprint density at radius 1 is 1.47 bits per heavy atom. The fourth-order valence-corrected chi connectivity index (χ4v) is 1.16. The lowest BCUT2D eigenvalue weighted by Crippen LogP contribution is -2.08.